The Balaban J connectivity index is 1.81. The first-order valence-corrected chi connectivity index (χ1v) is 7.28. The fourth-order valence-electron chi connectivity index (χ4n) is 2.25. The number of hydrogen-bond acceptors (Lipinski definition) is 6. The quantitative estimate of drug-likeness (QED) is 0.881. The van der Waals surface area contributed by atoms with Gasteiger partial charge in [-0.3, -0.25) is 0 Å². The first kappa shape index (κ1) is 13.9. The topological polar surface area (TPSA) is 69.4 Å². The van der Waals surface area contributed by atoms with Crippen molar-refractivity contribution in [1.29, 1.82) is 0 Å². The summed E-state index contributed by atoms with van der Waals surface area (Å²) in [5.41, 5.74) is 0.836. The van der Waals surface area contributed by atoms with Gasteiger partial charge < -0.3 is 19.2 Å². The third-order valence-corrected chi connectivity index (χ3v) is 3.41. The highest BCUT2D eigenvalue weighted by molar-refractivity contribution is 5.60. The van der Waals surface area contributed by atoms with Gasteiger partial charge in [0, 0.05) is 5.56 Å². The molecule has 0 saturated heterocycles. The van der Waals surface area contributed by atoms with Gasteiger partial charge in [-0.25, -0.2) is 0 Å². The highest BCUT2D eigenvalue weighted by atomic mass is 16.7. The van der Waals surface area contributed by atoms with E-state index in [1.807, 2.05) is 18.2 Å². The van der Waals surface area contributed by atoms with E-state index in [1.165, 1.54) is 0 Å². The minimum absolute atomic E-state index is 0.0974. The second-order valence-corrected chi connectivity index (χ2v) is 4.93. The molecule has 1 aliphatic heterocycles. The highest BCUT2D eigenvalue weighted by Crippen LogP contribution is 2.35. The minimum atomic E-state index is 0.0974. The second-order valence-electron chi connectivity index (χ2n) is 4.93. The molecule has 0 saturated carbocycles. The molecule has 6 nitrogen and oxygen atoms in total. The lowest BCUT2D eigenvalue weighted by Crippen LogP contribution is -2.21. The fourth-order valence-corrected chi connectivity index (χ4v) is 2.25. The summed E-state index contributed by atoms with van der Waals surface area (Å²) in [7, 11) is 0. The van der Waals surface area contributed by atoms with Gasteiger partial charge in [-0.15, -0.1) is 10.2 Å². The Hall–Kier alpha value is -2.08. The van der Waals surface area contributed by atoms with Crippen LogP contribution in [0.15, 0.2) is 22.6 Å². The zero-order chi connectivity index (χ0) is 14.7. The van der Waals surface area contributed by atoms with E-state index in [2.05, 4.69) is 29.4 Å². The Bertz CT molecular complexity index is 612. The van der Waals surface area contributed by atoms with Gasteiger partial charge in [0.05, 0.1) is 6.04 Å². The first-order valence-electron chi connectivity index (χ1n) is 7.28. The Morgan fingerprint density at radius 2 is 2.05 bits per heavy atom. The monoisotopic (exact) mass is 289 g/mol. The summed E-state index contributed by atoms with van der Waals surface area (Å²) >= 11 is 0. The molecule has 3 rings (SSSR count). The lowest BCUT2D eigenvalue weighted by atomic mass is 10.2. The van der Waals surface area contributed by atoms with Crippen LogP contribution in [0.25, 0.3) is 11.5 Å². The van der Waals surface area contributed by atoms with Crippen molar-refractivity contribution in [3.8, 4) is 23.0 Å². The van der Waals surface area contributed by atoms with Crippen LogP contribution in [0.3, 0.4) is 0 Å². The van der Waals surface area contributed by atoms with Gasteiger partial charge in [-0.2, -0.15) is 0 Å². The van der Waals surface area contributed by atoms with Crippen LogP contribution in [0.4, 0.5) is 0 Å². The lowest BCUT2D eigenvalue weighted by Gasteiger charge is -2.11. The number of aromatic nitrogens is 2. The summed E-state index contributed by atoms with van der Waals surface area (Å²) in [5.74, 6) is 2.58. The number of benzene rings is 1. The van der Waals surface area contributed by atoms with Crippen LogP contribution in [-0.4, -0.2) is 23.5 Å². The van der Waals surface area contributed by atoms with E-state index in [9.17, 15) is 0 Å². The van der Waals surface area contributed by atoms with Crippen LogP contribution >= 0.6 is 0 Å². The smallest absolute Gasteiger partial charge is 0.247 e. The summed E-state index contributed by atoms with van der Waals surface area (Å²) < 4.78 is 16.5. The van der Waals surface area contributed by atoms with Gasteiger partial charge in [0.2, 0.25) is 18.6 Å². The molecule has 0 fully saturated rings. The molecule has 2 aromatic rings. The van der Waals surface area contributed by atoms with Gasteiger partial charge in [0.1, 0.15) is 0 Å². The molecule has 0 aliphatic carbocycles. The van der Waals surface area contributed by atoms with Gasteiger partial charge in [0.25, 0.3) is 0 Å². The maximum Gasteiger partial charge on any atom is 0.247 e. The molecule has 1 N–H and O–H groups in total. The average Bonchev–Trinajstić information content (AvgIpc) is 3.16. The van der Waals surface area contributed by atoms with Crippen molar-refractivity contribution in [2.45, 2.75) is 32.7 Å². The number of hydrogen-bond donors (Lipinski definition) is 1. The maximum atomic E-state index is 5.80. The van der Waals surface area contributed by atoms with Crippen molar-refractivity contribution in [2.75, 3.05) is 13.3 Å². The van der Waals surface area contributed by atoms with Crippen molar-refractivity contribution < 1.29 is 13.9 Å². The summed E-state index contributed by atoms with van der Waals surface area (Å²) in [6.07, 6.45) is 1.97. The van der Waals surface area contributed by atoms with E-state index in [0.29, 0.717) is 17.5 Å². The van der Waals surface area contributed by atoms with Gasteiger partial charge >= 0.3 is 0 Å². The molecule has 1 aromatic carbocycles. The van der Waals surface area contributed by atoms with Crippen molar-refractivity contribution in [1.82, 2.24) is 15.5 Å². The van der Waals surface area contributed by atoms with Crippen LogP contribution in [0.1, 0.15) is 38.6 Å². The molecule has 1 aromatic heterocycles. The molecule has 0 amide bonds. The zero-order valence-electron chi connectivity index (χ0n) is 12.3. The van der Waals surface area contributed by atoms with Crippen LogP contribution < -0.4 is 14.8 Å². The lowest BCUT2D eigenvalue weighted by molar-refractivity contribution is 0.174. The van der Waals surface area contributed by atoms with E-state index >= 15 is 0 Å². The Kier molecular flexibility index (Phi) is 4.06. The summed E-state index contributed by atoms with van der Waals surface area (Å²) in [6, 6.07) is 5.71. The maximum absolute atomic E-state index is 5.80. The number of nitrogens with zero attached hydrogens (tertiary/aromatic N) is 2. The molecule has 1 aliphatic rings. The second kappa shape index (κ2) is 6.13. The Morgan fingerprint density at radius 1 is 1.19 bits per heavy atom. The van der Waals surface area contributed by atoms with Crippen LogP contribution in [0.2, 0.25) is 0 Å². The van der Waals surface area contributed by atoms with E-state index in [-0.39, 0.29) is 12.8 Å². The predicted molar refractivity (Wildman–Crippen MR) is 77.2 cm³/mol. The molecule has 0 spiro atoms. The third kappa shape index (κ3) is 2.85. The molecule has 1 unspecified atom stereocenters. The van der Waals surface area contributed by atoms with E-state index < -0.39 is 0 Å². The predicted octanol–water partition coefficient (Wildman–Crippen LogP) is 2.92. The number of fused-ring (bicyclic) bond motifs is 1. The molecule has 0 bridgehead atoms. The van der Waals surface area contributed by atoms with Crippen molar-refractivity contribution in [2.24, 2.45) is 0 Å². The standard InChI is InChI=1S/C15H19N3O3/c1-3-7-16-11(4-2)15-18-17-14(21-15)10-5-6-12-13(8-10)20-9-19-12/h5-6,8,11,16H,3-4,7,9H2,1-2H3. The van der Waals surface area contributed by atoms with Crippen LogP contribution in [-0.2, 0) is 0 Å². The van der Waals surface area contributed by atoms with E-state index in [4.69, 9.17) is 13.9 Å². The number of nitrogens with one attached hydrogen (secondary N) is 1. The number of ether oxygens (including phenoxy) is 2. The normalized spacial score (nSPS) is 14.4. The Labute approximate surface area is 123 Å². The van der Waals surface area contributed by atoms with Gasteiger partial charge in [-0.1, -0.05) is 13.8 Å². The molecule has 0 radical (unpaired) electrons. The SMILES string of the molecule is CCCNC(CC)c1nnc(-c2ccc3c(c2)OCO3)o1. The molecule has 1 atom stereocenters. The van der Waals surface area contributed by atoms with Crippen molar-refractivity contribution in [3.05, 3.63) is 24.1 Å². The average molecular weight is 289 g/mol. The largest absolute Gasteiger partial charge is 0.454 e. The van der Waals surface area contributed by atoms with Crippen molar-refractivity contribution >= 4 is 0 Å². The summed E-state index contributed by atoms with van der Waals surface area (Å²) in [5, 5.41) is 11.7. The zero-order valence-corrected chi connectivity index (χ0v) is 12.3. The van der Waals surface area contributed by atoms with Gasteiger partial charge in [-0.05, 0) is 37.6 Å². The van der Waals surface area contributed by atoms with Gasteiger partial charge in [0.15, 0.2) is 11.5 Å². The number of rotatable bonds is 6. The first-order chi connectivity index (χ1) is 10.3. The molecular formula is C15H19N3O3. The minimum Gasteiger partial charge on any atom is -0.454 e. The summed E-state index contributed by atoms with van der Waals surface area (Å²) in [4.78, 5) is 0. The fraction of sp³-hybridized carbons (Fsp3) is 0.467. The molecule has 112 valence electrons. The van der Waals surface area contributed by atoms with Crippen LogP contribution in [0, 0.1) is 0 Å². The third-order valence-electron chi connectivity index (χ3n) is 3.41. The molecule has 2 heterocycles. The van der Waals surface area contributed by atoms with E-state index in [1.54, 1.807) is 0 Å². The van der Waals surface area contributed by atoms with E-state index in [0.717, 1.165) is 30.7 Å². The molecular weight excluding hydrogens is 270 g/mol. The highest BCUT2D eigenvalue weighted by Gasteiger charge is 2.19. The summed E-state index contributed by atoms with van der Waals surface area (Å²) in [6.45, 7) is 5.41. The van der Waals surface area contributed by atoms with Crippen molar-refractivity contribution in [3.63, 3.8) is 0 Å². The molecule has 6 heteroatoms. The molecule has 21 heavy (non-hydrogen) atoms. The van der Waals surface area contributed by atoms with Crippen LogP contribution in [0.5, 0.6) is 11.5 Å². The Morgan fingerprint density at radius 3 is 2.86 bits per heavy atom.